The average Bonchev–Trinajstić information content (AvgIpc) is 3.06. The number of nitrogens with one attached hydrogen (secondary N) is 1. The number of aryl methyl sites for hydroxylation is 1. The minimum Gasteiger partial charge on any atom is -0.395 e. The van der Waals surface area contributed by atoms with Crippen LogP contribution in [0.25, 0.3) is 0 Å². The minimum absolute atomic E-state index is 0.0647. The molecular weight excluding hydrogens is 434 g/mol. The number of carbonyl (C=O) groups excluding carboxylic acids is 1. The van der Waals surface area contributed by atoms with Crippen molar-refractivity contribution >= 4 is 21.6 Å². The number of ether oxygens (including phenoxy) is 3. The van der Waals surface area contributed by atoms with Crippen LogP contribution in [0.2, 0.25) is 0 Å². The molecule has 0 bridgehead atoms. The third-order valence-electron chi connectivity index (χ3n) is 4.96. The molecule has 2 aliphatic heterocycles. The molecule has 0 saturated carbocycles. The maximum absolute atomic E-state index is 13.2. The summed E-state index contributed by atoms with van der Waals surface area (Å²) in [6, 6.07) is 8.30. The number of amides is 1. The fourth-order valence-corrected chi connectivity index (χ4v) is 5.11. The number of benzene rings is 2. The van der Waals surface area contributed by atoms with Crippen molar-refractivity contribution in [2.24, 2.45) is 0 Å². The van der Waals surface area contributed by atoms with E-state index in [4.69, 9.17) is 4.74 Å². The van der Waals surface area contributed by atoms with Crippen LogP contribution in [0.15, 0.2) is 41.3 Å². The van der Waals surface area contributed by atoms with Crippen LogP contribution in [0.4, 0.5) is 14.5 Å². The number of hydrogen-bond acceptors (Lipinski definition) is 6. The van der Waals surface area contributed by atoms with Gasteiger partial charge in [0, 0.05) is 30.4 Å². The molecule has 2 aromatic carbocycles. The van der Waals surface area contributed by atoms with Crippen molar-refractivity contribution in [2.45, 2.75) is 24.5 Å². The summed E-state index contributed by atoms with van der Waals surface area (Å²) in [7, 11) is -3.80. The van der Waals surface area contributed by atoms with Crippen molar-refractivity contribution in [3.8, 4) is 11.5 Å². The van der Waals surface area contributed by atoms with Gasteiger partial charge >= 0.3 is 6.29 Å². The largest absolute Gasteiger partial charge is 0.586 e. The fraction of sp³-hybridized carbons (Fsp3) is 0.350. The SMILES string of the molecule is CCc1ccc(C(=O)Nc2ccc3c(c2)OC(F)(F)O3)cc1S(=O)(=O)N1CCOCC1. The maximum Gasteiger partial charge on any atom is 0.586 e. The topological polar surface area (TPSA) is 94.2 Å². The van der Waals surface area contributed by atoms with Gasteiger partial charge in [0.05, 0.1) is 18.1 Å². The molecular formula is C20H20F2N2O6S. The van der Waals surface area contributed by atoms with Crippen molar-refractivity contribution in [2.75, 3.05) is 31.6 Å². The van der Waals surface area contributed by atoms with E-state index in [-0.39, 0.29) is 40.7 Å². The lowest BCUT2D eigenvalue weighted by atomic mass is 10.1. The van der Waals surface area contributed by atoms with Gasteiger partial charge in [-0.15, -0.1) is 8.78 Å². The van der Waals surface area contributed by atoms with Gasteiger partial charge in [-0.05, 0) is 36.2 Å². The van der Waals surface area contributed by atoms with E-state index in [1.807, 2.05) is 6.92 Å². The molecule has 0 atom stereocenters. The quantitative estimate of drug-likeness (QED) is 0.747. The highest BCUT2D eigenvalue weighted by atomic mass is 32.2. The zero-order valence-corrected chi connectivity index (χ0v) is 17.4. The molecule has 0 spiro atoms. The van der Waals surface area contributed by atoms with Crippen molar-refractivity contribution in [3.63, 3.8) is 0 Å². The Hall–Kier alpha value is -2.76. The van der Waals surface area contributed by atoms with Gasteiger partial charge in [-0.25, -0.2) is 8.42 Å². The zero-order valence-electron chi connectivity index (χ0n) is 16.6. The molecule has 0 aromatic heterocycles. The third kappa shape index (κ3) is 4.34. The van der Waals surface area contributed by atoms with E-state index in [2.05, 4.69) is 14.8 Å². The van der Waals surface area contributed by atoms with Crippen molar-refractivity contribution in [3.05, 3.63) is 47.5 Å². The summed E-state index contributed by atoms with van der Waals surface area (Å²) in [4.78, 5) is 12.8. The first-order valence-corrected chi connectivity index (χ1v) is 11.1. The van der Waals surface area contributed by atoms with Crippen molar-refractivity contribution in [1.29, 1.82) is 0 Å². The van der Waals surface area contributed by atoms with Gasteiger partial charge in [-0.2, -0.15) is 4.31 Å². The predicted molar refractivity (Wildman–Crippen MR) is 106 cm³/mol. The summed E-state index contributed by atoms with van der Waals surface area (Å²) in [5, 5.41) is 2.56. The molecule has 0 unspecified atom stereocenters. The maximum atomic E-state index is 13.2. The smallest absolute Gasteiger partial charge is 0.395 e. The fourth-order valence-electron chi connectivity index (χ4n) is 3.38. The van der Waals surface area contributed by atoms with Gasteiger partial charge < -0.3 is 19.5 Å². The number of carbonyl (C=O) groups is 1. The summed E-state index contributed by atoms with van der Waals surface area (Å²) in [6.07, 6.45) is -3.29. The standard InChI is InChI=1S/C20H20F2N2O6S/c1-2-13-3-4-14(11-18(13)31(26,27)24-7-9-28-10-8-24)19(25)23-15-5-6-16-17(12-15)30-20(21,22)29-16/h3-6,11-12H,2,7-10H2,1H3,(H,23,25). The summed E-state index contributed by atoms with van der Waals surface area (Å²) < 4.78 is 67.9. The number of alkyl halides is 2. The van der Waals surface area contributed by atoms with Crippen LogP contribution in [0.1, 0.15) is 22.8 Å². The first-order valence-electron chi connectivity index (χ1n) is 9.62. The second kappa shape index (κ2) is 8.06. The van der Waals surface area contributed by atoms with E-state index in [9.17, 15) is 22.0 Å². The van der Waals surface area contributed by atoms with Crippen molar-refractivity contribution in [1.82, 2.24) is 4.31 Å². The third-order valence-corrected chi connectivity index (χ3v) is 6.94. The molecule has 2 aliphatic rings. The van der Waals surface area contributed by atoms with Crippen LogP contribution in [-0.2, 0) is 21.2 Å². The van der Waals surface area contributed by atoms with Gasteiger partial charge in [-0.1, -0.05) is 13.0 Å². The van der Waals surface area contributed by atoms with Crippen LogP contribution in [-0.4, -0.2) is 51.2 Å². The molecule has 31 heavy (non-hydrogen) atoms. The Morgan fingerprint density at radius 2 is 1.81 bits per heavy atom. The molecule has 8 nitrogen and oxygen atoms in total. The molecule has 1 N–H and O–H groups in total. The van der Waals surface area contributed by atoms with E-state index >= 15 is 0 Å². The number of morpholine rings is 1. The molecule has 0 aliphatic carbocycles. The van der Waals surface area contributed by atoms with E-state index in [0.717, 1.165) is 0 Å². The Morgan fingerprint density at radius 3 is 2.52 bits per heavy atom. The Labute approximate surface area is 177 Å². The van der Waals surface area contributed by atoms with Crippen LogP contribution in [0.5, 0.6) is 11.5 Å². The van der Waals surface area contributed by atoms with Gasteiger partial charge in [0.25, 0.3) is 5.91 Å². The number of nitrogens with zero attached hydrogens (tertiary/aromatic N) is 1. The minimum atomic E-state index is -3.80. The molecule has 2 heterocycles. The number of rotatable bonds is 5. The predicted octanol–water partition coefficient (Wildman–Crippen LogP) is 2.84. The highest BCUT2D eigenvalue weighted by Gasteiger charge is 2.43. The van der Waals surface area contributed by atoms with Gasteiger partial charge in [-0.3, -0.25) is 4.79 Å². The number of anilines is 1. The molecule has 166 valence electrons. The second-order valence-corrected chi connectivity index (χ2v) is 8.88. The van der Waals surface area contributed by atoms with Gasteiger partial charge in [0.15, 0.2) is 11.5 Å². The molecule has 11 heteroatoms. The Balaban J connectivity index is 1.59. The van der Waals surface area contributed by atoms with E-state index in [0.29, 0.717) is 25.2 Å². The van der Waals surface area contributed by atoms with Crippen LogP contribution in [0, 0.1) is 0 Å². The van der Waals surface area contributed by atoms with Crippen LogP contribution in [0.3, 0.4) is 0 Å². The Morgan fingerprint density at radius 1 is 1.10 bits per heavy atom. The summed E-state index contributed by atoms with van der Waals surface area (Å²) in [6.45, 7) is 2.93. The molecule has 1 fully saturated rings. The van der Waals surface area contributed by atoms with E-state index < -0.39 is 22.2 Å². The lowest BCUT2D eigenvalue weighted by Crippen LogP contribution is -2.41. The lowest BCUT2D eigenvalue weighted by molar-refractivity contribution is -0.286. The first kappa shape index (κ1) is 21.5. The Bertz CT molecular complexity index is 1120. The highest BCUT2D eigenvalue weighted by Crippen LogP contribution is 2.42. The van der Waals surface area contributed by atoms with Crippen LogP contribution >= 0.6 is 0 Å². The van der Waals surface area contributed by atoms with Gasteiger partial charge in [0.2, 0.25) is 10.0 Å². The normalized spacial score (nSPS) is 18.0. The van der Waals surface area contributed by atoms with Crippen molar-refractivity contribution < 1.29 is 36.2 Å². The second-order valence-electron chi connectivity index (χ2n) is 6.98. The number of halogens is 2. The average molecular weight is 454 g/mol. The molecule has 1 saturated heterocycles. The first-order chi connectivity index (χ1) is 14.7. The van der Waals surface area contributed by atoms with E-state index in [1.54, 1.807) is 6.07 Å². The van der Waals surface area contributed by atoms with E-state index in [1.165, 1.54) is 34.6 Å². The zero-order chi connectivity index (χ0) is 22.2. The lowest BCUT2D eigenvalue weighted by Gasteiger charge is -2.27. The highest BCUT2D eigenvalue weighted by molar-refractivity contribution is 7.89. The molecule has 2 aromatic rings. The molecule has 4 rings (SSSR count). The summed E-state index contributed by atoms with van der Waals surface area (Å²) in [5.41, 5.74) is 0.905. The van der Waals surface area contributed by atoms with Crippen LogP contribution < -0.4 is 14.8 Å². The number of fused-ring (bicyclic) bond motifs is 1. The Kier molecular flexibility index (Phi) is 5.58. The molecule has 0 radical (unpaired) electrons. The number of sulfonamides is 1. The monoisotopic (exact) mass is 454 g/mol. The number of hydrogen-bond donors (Lipinski definition) is 1. The molecule has 1 amide bonds. The summed E-state index contributed by atoms with van der Waals surface area (Å²) >= 11 is 0. The summed E-state index contributed by atoms with van der Waals surface area (Å²) in [5.74, 6) is -0.944. The van der Waals surface area contributed by atoms with Gasteiger partial charge in [0.1, 0.15) is 0 Å².